The summed E-state index contributed by atoms with van der Waals surface area (Å²) >= 11 is 0. The lowest BCUT2D eigenvalue weighted by molar-refractivity contribution is -0.136. The normalized spacial score (nSPS) is 25.9. The fourth-order valence-electron chi connectivity index (χ4n) is 9.87. The molecule has 9 nitrogen and oxygen atoms in total. The number of phenols is 1. The predicted octanol–water partition coefficient (Wildman–Crippen LogP) is 5.30. The number of imide groups is 1. The van der Waals surface area contributed by atoms with Crippen LogP contribution in [0, 0.1) is 17.8 Å². The number of piperidine rings is 2. The molecule has 3 saturated heterocycles. The topological polar surface area (TPSA) is 96.4 Å². The van der Waals surface area contributed by atoms with Gasteiger partial charge >= 0.3 is 0 Å². The number of piperazine rings is 1. The predicted molar refractivity (Wildman–Crippen MR) is 197 cm³/mol. The summed E-state index contributed by atoms with van der Waals surface area (Å²) in [6.45, 7) is 7.76. The van der Waals surface area contributed by atoms with E-state index in [2.05, 4.69) is 56.4 Å². The number of nitrogens with one attached hydrogen (secondary N) is 1. The van der Waals surface area contributed by atoms with Crippen LogP contribution in [0.1, 0.15) is 83.5 Å². The standard InChI is InChI=1S/C42H49N5O4/c48-34-9-12-36-30(24-34)5-10-35(28-1-2-28)40(36)29-3-6-32(7-4-29)45-17-15-27(16-18-45)25-44-19-21-46(22-20-44)33-8-11-37-31(23-33)26-47(42(37)51)38-13-14-39(49)43-41(38)50/h3-4,6-9,11-12,23-24,27-28,35,38,40,48H,1-2,5,10,13-22,25-26H2,(H,43,49,50)/t35-,38?,40+/m1/s1. The van der Waals surface area contributed by atoms with Gasteiger partial charge in [-0.1, -0.05) is 18.2 Å². The molecule has 2 N–H and O–H groups in total. The lowest BCUT2D eigenvalue weighted by atomic mass is 9.70. The van der Waals surface area contributed by atoms with Gasteiger partial charge in [0.05, 0.1) is 0 Å². The van der Waals surface area contributed by atoms with Crippen LogP contribution in [0.5, 0.6) is 5.75 Å². The Balaban J connectivity index is 0.765. The van der Waals surface area contributed by atoms with Crippen LogP contribution in [0.4, 0.5) is 11.4 Å². The number of aryl methyl sites for hydroxylation is 1. The van der Waals surface area contributed by atoms with Gasteiger partial charge in [-0.25, -0.2) is 0 Å². The summed E-state index contributed by atoms with van der Waals surface area (Å²) in [5.41, 5.74) is 8.29. The average Bonchev–Trinajstić information content (AvgIpc) is 3.95. The Morgan fingerprint density at radius 2 is 1.45 bits per heavy atom. The molecular weight excluding hydrogens is 638 g/mol. The number of rotatable bonds is 7. The molecule has 6 aliphatic rings. The molecule has 0 radical (unpaired) electrons. The van der Waals surface area contributed by atoms with Crippen molar-refractivity contribution in [1.82, 2.24) is 15.1 Å². The van der Waals surface area contributed by atoms with Crippen LogP contribution in [-0.2, 0) is 22.6 Å². The third-order valence-corrected chi connectivity index (χ3v) is 12.9. The van der Waals surface area contributed by atoms with E-state index >= 15 is 0 Å². The highest BCUT2D eigenvalue weighted by Crippen LogP contribution is 2.52. The second kappa shape index (κ2) is 13.3. The molecule has 266 valence electrons. The van der Waals surface area contributed by atoms with Crippen LogP contribution >= 0.6 is 0 Å². The van der Waals surface area contributed by atoms with Crippen molar-refractivity contribution < 1.29 is 19.5 Å². The number of phenolic OH excluding ortho intramolecular Hbond substituents is 1. The molecule has 3 aromatic rings. The summed E-state index contributed by atoms with van der Waals surface area (Å²) in [6.07, 6.45) is 8.12. The van der Waals surface area contributed by atoms with Crippen molar-refractivity contribution in [2.24, 2.45) is 17.8 Å². The molecular formula is C42H49N5O4. The van der Waals surface area contributed by atoms with E-state index in [0.717, 1.165) is 69.4 Å². The van der Waals surface area contributed by atoms with Gasteiger partial charge in [0.1, 0.15) is 11.8 Å². The molecule has 4 fully saturated rings. The fourth-order valence-corrected chi connectivity index (χ4v) is 9.87. The summed E-state index contributed by atoms with van der Waals surface area (Å²) in [4.78, 5) is 46.4. The van der Waals surface area contributed by atoms with Crippen LogP contribution in [0.25, 0.3) is 0 Å². The SMILES string of the molecule is O=C1CCC(N2Cc3cc(N4CCN(CC5CCN(c6ccc([C@@H]7c8ccc(O)cc8CC[C@@H]7C7CC7)cc6)CC5)CC4)ccc3C2=O)C(=O)N1. The van der Waals surface area contributed by atoms with Crippen molar-refractivity contribution in [2.75, 3.05) is 55.6 Å². The van der Waals surface area contributed by atoms with Gasteiger partial charge < -0.3 is 19.8 Å². The highest BCUT2D eigenvalue weighted by Gasteiger charge is 2.41. The molecule has 51 heavy (non-hydrogen) atoms. The first-order valence-corrected chi connectivity index (χ1v) is 19.3. The lowest BCUT2D eigenvalue weighted by Crippen LogP contribution is -2.52. The van der Waals surface area contributed by atoms with E-state index in [0.29, 0.717) is 42.0 Å². The average molecular weight is 688 g/mol. The molecule has 3 atom stereocenters. The monoisotopic (exact) mass is 687 g/mol. The fraction of sp³-hybridized carbons (Fsp3) is 0.500. The van der Waals surface area contributed by atoms with Gasteiger partial charge in [-0.2, -0.15) is 0 Å². The number of fused-ring (bicyclic) bond motifs is 2. The van der Waals surface area contributed by atoms with Gasteiger partial charge in [-0.05, 0) is 127 Å². The van der Waals surface area contributed by atoms with E-state index < -0.39 is 6.04 Å². The summed E-state index contributed by atoms with van der Waals surface area (Å²) in [5.74, 6) is 2.35. The minimum absolute atomic E-state index is 0.117. The Morgan fingerprint density at radius 3 is 2.20 bits per heavy atom. The number of carbonyl (C=O) groups is 3. The Hall–Kier alpha value is -4.37. The second-order valence-electron chi connectivity index (χ2n) is 16.0. The van der Waals surface area contributed by atoms with Gasteiger partial charge in [0, 0.05) is 81.6 Å². The third kappa shape index (κ3) is 6.39. The van der Waals surface area contributed by atoms with Gasteiger partial charge in [-0.15, -0.1) is 0 Å². The lowest BCUT2D eigenvalue weighted by Gasteiger charge is -2.40. The zero-order chi connectivity index (χ0) is 34.6. The minimum atomic E-state index is -0.579. The van der Waals surface area contributed by atoms with Crippen molar-refractivity contribution in [3.63, 3.8) is 0 Å². The van der Waals surface area contributed by atoms with Gasteiger partial charge in [0.15, 0.2) is 0 Å². The van der Waals surface area contributed by atoms with Crippen LogP contribution < -0.4 is 15.1 Å². The van der Waals surface area contributed by atoms with Gasteiger partial charge in [0.25, 0.3) is 5.91 Å². The quantitative estimate of drug-likeness (QED) is 0.326. The van der Waals surface area contributed by atoms with E-state index in [1.165, 1.54) is 54.5 Å². The largest absolute Gasteiger partial charge is 0.508 e. The summed E-state index contributed by atoms with van der Waals surface area (Å²) < 4.78 is 0. The van der Waals surface area contributed by atoms with Crippen molar-refractivity contribution >= 4 is 29.1 Å². The molecule has 0 bridgehead atoms. The molecule has 4 heterocycles. The zero-order valence-electron chi connectivity index (χ0n) is 29.4. The van der Waals surface area contributed by atoms with Crippen molar-refractivity contribution in [3.05, 3.63) is 88.5 Å². The Bertz CT molecular complexity index is 1820. The summed E-state index contributed by atoms with van der Waals surface area (Å²) in [5, 5.41) is 12.5. The Morgan fingerprint density at radius 1 is 0.706 bits per heavy atom. The molecule has 4 aliphatic heterocycles. The number of benzene rings is 3. The van der Waals surface area contributed by atoms with Crippen LogP contribution in [0.2, 0.25) is 0 Å². The molecule has 2 aliphatic carbocycles. The maximum atomic E-state index is 13.1. The van der Waals surface area contributed by atoms with Crippen LogP contribution in [0.3, 0.4) is 0 Å². The Labute approximate surface area is 300 Å². The summed E-state index contributed by atoms with van der Waals surface area (Å²) in [6, 6.07) is 21.0. The van der Waals surface area contributed by atoms with Crippen molar-refractivity contribution in [1.29, 1.82) is 0 Å². The first-order chi connectivity index (χ1) is 24.9. The van der Waals surface area contributed by atoms with Crippen LogP contribution in [0.15, 0.2) is 60.7 Å². The first kappa shape index (κ1) is 32.5. The zero-order valence-corrected chi connectivity index (χ0v) is 29.4. The molecule has 0 aromatic heterocycles. The highest BCUT2D eigenvalue weighted by molar-refractivity contribution is 6.05. The molecule has 1 saturated carbocycles. The number of amides is 3. The molecule has 0 spiro atoms. The first-order valence-electron chi connectivity index (χ1n) is 19.3. The van der Waals surface area contributed by atoms with Gasteiger partial charge in [-0.3, -0.25) is 24.6 Å². The van der Waals surface area contributed by atoms with E-state index in [-0.39, 0.29) is 24.1 Å². The van der Waals surface area contributed by atoms with E-state index in [1.54, 1.807) is 4.90 Å². The number of nitrogens with zero attached hydrogens (tertiary/aromatic N) is 4. The van der Waals surface area contributed by atoms with Crippen molar-refractivity contribution in [2.45, 2.75) is 69.9 Å². The summed E-state index contributed by atoms with van der Waals surface area (Å²) in [7, 11) is 0. The van der Waals surface area contributed by atoms with E-state index in [9.17, 15) is 19.5 Å². The smallest absolute Gasteiger partial charge is 0.255 e. The van der Waals surface area contributed by atoms with Gasteiger partial charge in [0.2, 0.25) is 11.8 Å². The maximum absolute atomic E-state index is 13.1. The molecule has 9 heteroatoms. The molecule has 3 amide bonds. The van der Waals surface area contributed by atoms with Crippen LogP contribution in [-0.4, -0.2) is 84.5 Å². The number of hydrogen-bond acceptors (Lipinski definition) is 7. The number of aromatic hydroxyl groups is 1. The minimum Gasteiger partial charge on any atom is -0.508 e. The molecule has 9 rings (SSSR count). The maximum Gasteiger partial charge on any atom is 0.255 e. The Kier molecular flexibility index (Phi) is 8.49. The van der Waals surface area contributed by atoms with E-state index in [1.807, 2.05) is 24.3 Å². The van der Waals surface area contributed by atoms with Crippen molar-refractivity contribution in [3.8, 4) is 5.75 Å². The third-order valence-electron chi connectivity index (χ3n) is 12.9. The number of hydrogen-bond donors (Lipinski definition) is 2. The molecule has 1 unspecified atom stereocenters. The highest BCUT2D eigenvalue weighted by atomic mass is 16.3. The van der Waals surface area contributed by atoms with E-state index in [4.69, 9.17) is 0 Å². The number of anilines is 2. The number of carbonyl (C=O) groups excluding carboxylic acids is 3. The molecule has 3 aromatic carbocycles. The second-order valence-corrected chi connectivity index (χ2v) is 16.0.